The van der Waals surface area contributed by atoms with Gasteiger partial charge in [0.1, 0.15) is 17.2 Å². The zero-order valence-electron chi connectivity index (χ0n) is 13.2. The molecule has 0 radical (unpaired) electrons. The van der Waals surface area contributed by atoms with E-state index in [4.69, 9.17) is 4.74 Å². The standard InChI is InChI=1S/C19H18N2O2/c1-17(2)21-14-15(23-17)18(11-20)7-9-19(14,10-8-18)13-6-4-3-5-12(13)16(21)22/h3-7,9,14-15H,8,10H2,1-2H3/t14-,15+,18+,19-/m0/s1. The molecular formula is C19H18N2O2. The van der Waals surface area contributed by atoms with Crippen molar-refractivity contribution in [2.24, 2.45) is 5.41 Å². The Kier molecular flexibility index (Phi) is 2.13. The molecule has 6 rings (SSSR count). The van der Waals surface area contributed by atoms with Crippen molar-refractivity contribution >= 4 is 5.91 Å². The van der Waals surface area contributed by atoms with Crippen LogP contribution < -0.4 is 0 Å². The second-order valence-electron chi connectivity index (χ2n) is 7.68. The molecule has 3 aliphatic carbocycles. The first-order chi connectivity index (χ1) is 11.0. The number of ether oxygens (including phenoxy) is 1. The highest BCUT2D eigenvalue weighted by atomic mass is 16.5. The van der Waals surface area contributed by atoms with Crippen LogP contribution in [0, 0.1) is 16.7 Å². The lowest BCUT2D eigenvalue weighted by Crippen LogP contribution is -2.66. The third-order valence-corrected chi connectivity index (χ3v) is 6.31. The molecule has 0 N–H and O–H groups in total. The van der Waals surface area contributed by atoms with Gasteiger partial charge in [0, 0.05) is 11.0 Å². The lowest BCUT2D eigenvalue weighted by Gasteiger charge is -2.57. The van der Waals surface area contributed by atoms with Gasteiger partial charge in [-0.1, -0.05) is 30.4 Å². The maximum Gasteiger partial charge on any atom is 0.256 e. The van der Waals surface area contributed by atoms with Gasteiger partial charge in [0.25, 0.3) is 5.91 Å². The van der Waals surface area contributed by atoms with Crippen LogP contribution in [0.5, 0.6) is 0 Å². The highest BCUT2D eigenvalue weighted by Gasteiger charge is 2.70. The normalized spacial score (nSPS) is 41.4. The van der Waals surface area contributed by atoms with Crippen LogP contribution in [0.3, 0.4) is 0 Å². The Morgan fingerprint density at radius 3 is 2.74 bits per heavy atom. The van der Waals surface area contributed by atoms with E-state index in [0.29, 0.717) is 0 Å². The molecule has 5 aliphatic rings. The Balaban J connectivity index is 1.87. The predicted octanol–water partition coefficient (Wildman–Crippen LogP) is 2.76. The zero-order valence-corrected chi connectivity index (χ0v) is 13.2. The van der Waals surface area contributed by atoms with Gasteiger partial charge >= 0.3 is 0 Å². The molecule has 2 aliphatic heterocycles. The van der Waals surface area contributed by atoms with Crippen molar-refractivity contribution in [2.75, 3.05) is 0 Å². The van der Waals surface area contributed by atoms with Gasteiger partial charge in [-0.15, -0.1) is 0 Å². The first-order valence-corrected chi connectivity index (χ1v) is 8.18. The number of fused-ring (bicyclic) bond motifs is 2. The van der Waals surface area contributed by atoms with E-state index in [9.17, 15) is 10.1 Å². The van der Waals surface area contributed by atoms with Crippen LogP contribution in [0.15, 0.2) is 36.4 Å². The van der Waals surface area contributed by atoms with E-state index in [0.717, 1.165) is 24.0 Å². The van der Waals surface area contributed by atoms with Crippen molar-refractivity contribution in [2.45, 2.75) is 50.0 Å². The van der Waals surface area contributed by atoms with E-state index in [1.807, 2.05) is 43.0 Å². The number of carbonyl (C=O) groups is 1. The lowest BCUT2D eigenvalue weighted by molar-refractivity contribution is -0.0869. The Labute approximate surface area is 135 Å². The molecule has 0 aromatic heterocycles. The molecule has 1 aromatic carbocycles. The Morgan fingerprint density at radius 1 is 1.26 bits per heavy atom. The van der Waals surface area contributed by atoms with Crippen molar-refractivity contribution in [3.05, 3.63) is 47.5 Å². The summed E-state index contributed by atoms with van der Waals surface area (Å²) >= 11 is 0. The number of hydrogen-bond donors (Lipinski definition) is 0. The maximum atomic E-state index is 13.1. The second-order valence-corrected chi connectivity index (χ2v) is 7.68. The van der Waals surface area contributed by atoms with Crippen LogP contribution in [0.1, 0.15) is 42.6 Å². The zero-order chi connectivity index (χ0) is 16.0. The molecule has 1 amide bonds. The highest BCUT2D eigenvalue weighted by molar-refractivity contribution is 5.99. The van der Waals surface area contributed by atoms with E-state index in [1.165, 1.54) is 0 Å². The number of benzene rings is 1. The van der Waals surface area contributed by atoms with Crippen molar-refractivity contribution < 1.29 is 9.53 Å². The summed E-state index contributed by atoms with van der Waals surface area (Å²) in [6.45, 7) is 3.88. The molecule has 116 valence electrons. The van der Waals surface area contributed by atoms with Crippen LogP contribution in [0.25, 0.3) is 0 Å². The van der Waals surface area contributed by atoms with Gasteiger partial charge in [0.05, 0.1) is 12.1 Å². The molecule has 23 heavy (non-hydrogen) atoms. The van der Waals surface area contributed by atoms with Gasteiger partial charge < -0.3 is 9.64 Å². The summed E-state index contributed by atoms with van der Waals surface area (Å²) in [4.78, 5) is 15.0. The summed E-state index contributed by atoms with van der Waals surface area (Å²) in [6, 6.07) is 10.3. The fraction of sp³-hybridized carbons (Fsp3) is 0.474. The summed E-state index contributed by atoms with van der Waals surface area (Å²) in [7, 11) is 0. The molecule has 1 aromatic rings. The number of amides is 1. The molecule has 4 nitrogen and oxygen atoms in total. The fourth-order valence-corrected chi connectivity index (χ4v) is 5.27. The summed E-state index contributed by atoms with van der Waals surface area (Å²) in [5, 5.41) is 9.82. The van der Waals surface area contributed by atoms with Crippen LogP contribution in [0.2, 0.25) is 0 Å². The summed E-state index contributed by atoms with van der Waals surface area (Å²) in [5.74, 6) is 0.0257. The van der Waals surface area contributed by atoms with Crippen molar-refractivity contribution in [3.8, 4) is 6.07 Å². The molecule has 4 heteroatoms. The second kappa shape index (κ2) is 3.68. The molecule has 1 saturated heterocycles. The van der Waals surface area contributed by atoms with E-state index in [1.54, 1.807) is 0 Å². The maximum absolute atomic E-state index is 13.1. The summed E-state index contributed by atoms with van der Waals surface area (Å²) in [6.07, 6.45) is 5.65. The smallest absolute Gasteiger partial charge is 0.256 e. The highest BCUT2D eigenvalue weighted by Crippen LogP contribution is 2.62. The Morgan fingerprint density at radius 2 is 2.04 bits per heavy atom. The average molecular weight is 306 g/mol. The quantitative estimate of drug-likeness (QED) is 0.693. The Hall–Kier alpha value is -2.12. The van der Waals surface area contributed by atoms with E-state index in [2.05, 4.69) is 18.2 Å². The number of hydrogen-bond acceptors (Lipinski definition) is 3. The molecule has 1 spiro atoms. The number of nitriles is 1. The fourth-order valence-electron chi connectivity index (χ4n) is 5.27. The van der Waals surface area contributed by atoms with Crippen molar-refractivity contribution in [3.63, 3.8) is 0 Å². The molecule has 2 bridgehead atoms. The third-order valence-electron chi connectivity index (χ3n) is 6.31. The van der Waals surface area contributed by atoms with Crippen molar-refractivity contribution in [1.82, 2.24) is 4.90 Å². The van der Waals surface area contributed by atoms with Crippen molar-refractivity contribution in [1.29, 1.82) is 5.26 Å². The predicted molar refractivity (Wildman–Crippen MR) is 83.4 cm³/mol. The molecular weight excluding hydrogens is 288 g/mol. The number of nitrogens with zero attached hydrogens (tertiary/aromatic N) is 2. The van der Waals surface area contributed by atoms with E-state index >= 15 is 0 Å². The molecule has 4 atom stereocenters. The minimum Gasteiger partial charge on any atom is -0.349 e. The van der Waals surface area contributed by atoms with Crippen LogP contribution >= 0.6 is 0 Å². The van der Waals surface area contributed by atoms with E-state index < -0.39 is 11.1 Å². The number of rotatable bonds is 0. The van der Waals surface area contributed by atoms with Crippen LogP contribution in [-0.4, -0.2) is 28.7 Å². The number of carbonyl (C=O) groups excluding carboxylic acids is 1. The molecule has 1 saturated carbocycles. The minimum absolute atomic E-state index is 0.0257. The SMILES string of the molecule is CC1(C)O[C@@H]2[C@@H]3N1C(=O)c1ccccc1[C@@]31C=C[C@]2(C#N)CC1. The topological polar surface area (TPSA) is 53.3 Å². The first kappa shape index (κ1) is 13.3. The minimum atomic E-state index is -0.691. The third kappa shape index (κ3) is 1.27. The van der Waals surface area contributed by atoms with Crippen LogP contribution in [0.4, 0.5) is 0 Å². The molecule has 2 fully saturated rings. The molecule has 0 unspecified atom stereocenters. The van der Waals surface area contributed by atoms with Gasteiger partial charge in [-0.2, -0.15) is 5.26 Å². The summed E-state index contributed by atoms with van der Waals surface area (Å²) < 4.78 is 6.32. The Bertz CT molecular complexity index is 821. The molecule has 2 heterocycles. The van der Waals surface area contributed by atoms with E-state index in [-0.39, 0.29) is 23.5 Å². The van der Waals surface area contributed by atoms with Gasteiger partial charge in [-0.25, -0.2) is 0 Å². The first-order valence-electron chi connectivity index (χ1n) is 8.18. The largest absolute Gasteiger partial charge is 0.349 e. The monoisotopic (exact) mass is 306 g/mol. The summed E-state index contributed by atoms with van der Waals surface area (Å²) in [5.41, 5.74) is 0.355. The average Bonchev–Trinajstić information content (AvgIpc) is 2.87. The van der Waals surface area contributed by atoms with Gasteiger partial charge in [0.15, 0.2) is 0 Å². The van der Waals surface area contributed by atoms with Gasteiger partial charge in [-0.3, -0.25) is 4.79 Å². The van der Waals surface area contributed by atoms with Crippen LogP contribution in [-0.2, 0) is 10.2 Å². The lowest BCUT2D eigenvalue weighted by atomic mass is 9.51. The van der Waals surface area contributed by atoms with Gasteiger partial charge in [-0.05, 0) is 38.3 Å². The van der Waals surface area contributed by atoms with Gasteiger partial charge in [0.2, 0.25) is 0 Å².